The van der Waals surface area contributed by atoms with E-state index in [0.717, 1.165) is 12.8 Å². The second-order valence-electron chi connectivity index (χ2n) is 4.18. The molecule has 0 aromatic heterocycles. The summed E-state index contributed by atoms with van der Waals surface area (Å²) in [5.74, 6) is 0.428. The number of carbonyl (C=O) groups excluding carboxylic acids is 1. The van der Waals surface area contributed by atoms with Crippen LogP contribution < -0.4 is 0 Å². The molecule has 0 amide bonds. The molecule has 0 radical (unpaired) electrons. The van der Waals surface area contributed by atoms with Crippen molar-refractivity contribution >= 4 is 5.97 Å². The standard InChI is InChI=1S/C12H22O3/c1-3-5-6-10(4-2)9-11-12(13)15-8-7-14-11/h10-11H,3-9H2,1-2H3. The minimum atomic E-state index is -0.305. The Morgan fingerprint density at radius 1 is 1.40 bits per heavy atom. The molecule has 0 bridgehead atoms. The zero-order valence-electron chi connectivity index (χ0n) is 9.83. The lowest BCUT2D eigenvalue weighted by Gasteiger charge is -2.25. The first-order valence-corrected chi connectivity index (χ1v) is 6.06. The summed E-state index contributed by atoms with van der Waals surface area (Å²) in [6.07, 6.45) is 5.29. The Balaban J connectivity index is 2.32. The first-order valence-electron chi connectivity index (χ1n) is 6.06. The average Bonchev–Trinajstić information content (AvgIpc) is 2.26. The smallest absolute Gasteiger partial charge is 0.335 e. The fourth-order valence-electron chi connectivity index (χ4n) is 1.94. The van der Waals surface area contributed by atoms with Crippen LogP contribution in [0.2, 0.25) is 0 Å². The summed E-state index contributed by atoms with van der Waals surface area (Å²) in [7, 11) is 0. The minimum absolute atomic E-state index is 0.170. The first-order chi connectivity index (χ1) is 7.27. The van der Waals surface area contributed by atoms with Crippen LogP contribution in [0.25, 0.3) is 0 Å². The van der Waals surface area contributed by atoms with Crippen LogP contribution in [0.5, 0.6) is 0 Å². The van der Waals surface area contributed by atoms with Crippen molar-refractivity contribution in [2.24, 2.45) is 5.92 Å². The van der Waals surface area contributed by atoms with E-state index in [9.17, 15) is 4.79 Å². The molecular weight excluding hydrogens is 192 g/mol. The predicted octanol–water partition coefficient (Wildman–Crippen LogP) is 2.53. The fourth-order valence-corrected chi connectivity index (χ4v) is 1.94. The summed E-state index contributed by atoms with van der Waals surface area (Å²) in [5.41, 5.74) is 0. The molecule has 1 aliphatic heterocycles. The zero-order chi connectivity index (χ0) is 11.1. The number of hydrogen-bond acceptors (Lipinski definition) is 3. The number of carbonyl (C=O) groups is 1. The van der Waals surface area contributed by atoms with Crippen LogP contribution in [0.15, 0.2) is 0 Å². The summed E-state index contributed by atoms with van der Waals surface area (Å²) in [6, 6.07) is 0. The molecule has 0 aromatic carbocycles. The first kappa shape index (κ1) is 12.5. The predicted molar refractivity (Wildman–Crippen MR) is 58.6 cm³/mol. The van der Waals surface area contributed by atoms with E-state index >= 15 is 0 Å². The maximum Gasteiger partial charge on any atom is 0.335 e. The summed E-state index contributed by atoms with van der Waals surface area (Å²) < 4.78 is 10.4. The monoisotopic (exact) mass is 214 g/mol. The van der Waals surface area contributed by atoms with Crippen molar-refractivity contribution in [3.05, 3.63) is 0 Å². The molecule has 0 spiro atoms. The molecule has 1 fully saturated rings. The summed E-state index contributed by atoms with van der Waals surface area (Å²) >= 11 is 0. The third-order valence-electron chi connectivity index (χ3n) is 3.00. The molecule has 15 heavy (non-hydrogen) atoms. The Morgan fingerprint density at radius 2 is 2.20 bits per heavy atom. The highest BCUT2D eigenvalue weighted by molar-refractivity contribution is 5.75. The van der Waals surface area contributed by atoms with Gasteiger partial charge in [0, 0.05) is 0 Å². The maximum absolute atomic E-state index is 11.4. The van der Waals surface area contributed by atoms with Gasteiger partial charge >= 0.3 is 5.97 Å². The molecule has 1 rings (SSSR count). The van der Waals surface area contributed by atoms with E-state index in [4.69, 9.17) is 9.47 Å². The number of ether oxygens (including phenoxy) is 2. The van der Waals surface area contributed by atoms with Crippen molar-refractivity contribution in [3.63, 3.8) is 0 Å². The van der Waals surface area contributed by atoms with Crippen molar-refractivity contribution in [2.75, 3.05) is 13.2 Å². The van der Waals surface area contributed by atoms with Crippen LogP contribution in [0.4, 0.5) is 0 Å². The molecule has 1 aliphatic rings. The zero-order valence-corrected chi connectivity index (χ0v) is 9.83. The van der Waals surface area contributed by atoms with Crippen molar-refractivity contribution in [2.45, 2.75) is 52.1 Å². The molecule has 0 N–H and O–H groups in total. The van der Waals surface area contributed by atoms with Crippen LogP contribution in [0, 0.1) is 5.92 Å². The molecule has 0 aromatic rings. The van der Waals surface area contributed by atoms with Crippen LogP contribution >= 0.6 is 0 Å². The lowest BCUT2D eigenvalue weighted by Crippen LogP contribution is -2.35. The molecule has 2 atom stereocenters. The average molecular weight is 214 g/mol. The Morgan fingerprint density at radius 3 is 2.80 bits per heavy atom. The minimum Gasteiger partial charge on any atom is -0.461 e. The van der Waals surface area contributed by atoms with Crippen LogP contribution in [0.3, 0.4) is 0 Å². The van der Waals surface area contributed by atoms with E-state index in [1.54, 1.807) is 0 Å². The van der Waals surface area contributed by atoms with Gasteiger partial charge in [-0.15, -0.1) is 0 Å². The molecule has 3 nitrogen and oxygen atoms in total. The number of hydrogen-bond donors (Lipinski definition) is 0. The van der Waals surface area contributed by atoms with Crippen LogP contribution in [-0.2, 0) is 14.3 Å². The van der Waals surface area contributed by atoms with Gasteiger partial charge in [-0.1, -0.05) is 39.5 Å². The van der Waals surface area contributed by atoms with Gasteiger partial charge in [0.2, 0.25) is 0 Å². The lowest BCUT2D eigenvalue weighted by atomic mass is 9.93. The lowest BCUT2D eigenvalue weighted by molar-refractivity contribution is -0.172. The van der Waals surface area contributed by atoms with Crippen LogP contribution in [0.1, 0.15) is 46.0 Å². The van der Waals surface area contributed by atoms with Gasteiger partial charge in [0.25, 0.3) is 0 Å². The van der Waals surface area contributed by atoms with Gasteiger partial charge in [0.05, 0.1) is 6.61 Å². The normalized spacial score (nSPS) is 23.6. The molecule has 2 unspecified atom stereocenters. The van der Waals surface area contributed by atoms with Gasteiger partial charge in [-0.2, -0.15) is 0 Å². The van der Waals surface area contributed by atoms with Gasteiger partial charge in [-0.3, -0.25) is 0 Å². The fraction of sp³-hybridized carbons (Fsp3) is 0.917. The topological polar surface area (TPSA) is 35.5 Å². The number of esters is 1. The number of rotatable bonds is 6. The molecule has 1 saturated heterocycles. The van der Waals surface area contributed by atoms with E-state index < -0.39 is 0 Å². The second kappa shape index (κ2) is 6.83. The van der Waals surface area contributed by atoms with E-state index in [1.165, 1.54) is 19.3 Å². The molecular formula is C12H22O3. The van der Waals surface area contributed by atoms with Gasteiger partial charge in [-0.05, 0) is 12.3 Å². The van der Waals surface area contributed by atoms with Gasteiger partial charge < -0.3 is 9.47 Å². The maximum atomic E-state index is 11.4. The quantitative estimate of drug-likeness (QED) is 0.637. The van der Waals surface area contributed by atoms with E-state index in [2.05, 4.69) is 13.8 Å². The van der Waals surface area contributed by atoms with Gasteiger partial charge in [-0.25, -0.2) is 4.79 Å². The molecule has 88 valence electrons. The Kier molecular flexibility index (Phi) is 5.69. The van der Waals surface area contributed by atoms with E-state index in [0.29, 0.717) is 19.1 Å². The van der Waals surface area contributed by atoms with E-state index in [-0.39, 0.29) is 12.1 Å². The third-order valence-corrected chi connectivity index (χ3v) is 3.00. The Labute approximate surface area is 92.1 Å². The van der Waals surface area contributed by atoms with Gasteiger partial charge in [0.15, 0.2) is 6.10 Å². The van der Waals surface area contributed by atoms with Crippen LogP contribution in [-0.4, -0.2) is 25.3 Å². The van der Waals surface area contributed by atoms with Crippen molar-refractivity contribution in [1.29, 1.82) is 0 Å². The van der Waals surface area contributed by atoms with E-state index in [1.807, 2.05) is 0 Å². The Hall–Kier alpha value is -0.570. The number of unbranched alkanes of at least 4 members (excludes halogenated alkanes) is 1. The second-order valence-corrected chi connectivity index (χ2v) is 4.18. The summed E-state index contributed by atoms with van der Waals surface area (Å²) in [5, 5.41) is 0. The SMILES string of the molecule is CCCCC(CC)CC1OCCOC1=O. The highest BCUT2D eigenvalue weighted by Gasteiger charge is 2.27. The molecule has 1 heterocycles. The Bertz CT molecular complexity index is 191. The van der Waals surface area contributed by atoms with Gasteiger partial charge in [0.1, 0.15) is 6.61 Å². The third kappa shape index (κ3) is 4.20. The summed E-state index contributed by atoms with van der Waals surface area (Å²) in [6.45, 7) is 5.34. The van der Waals surface area contributed by atoms with Crippen molar-refractivity contribution in [1.82, 2.24) is 0 Å². The largest absolute Gasteiger partial charge is 0.461 e. The highest BCUT2D eigenvalue weighted by atomic mass is 16.6. The van der Waals surface area contributed by atoms with Crippen molar-refractivity contribution < 1.29 is 14.3 Å². The highest BCUT2D eigenvalue weighted by Crippen LogP contribution is 2.21. The molecule has 0 saturated carbocycles. The molecule has 0 aliphatic carbocycles. The van der Waals surface area contributed by atoms with Crippen molar-refractivity contribution in [3.8, 4) is 0 Å². The summed E-state index contributed by atoms with van der Waals surface area (Å²) in [4.78, 5) is 11.4. The molecule has 3 heteroatoms. The number of cyclic esters (lactones) is 1.